The van der Waals surface area contributed by atoms with E-state index in [1.807, 2.05) is 0 Å². The van der Waals surface area contributed by atoms with Crippen molar-refractivity contribution in [2.45, 2.75) is 19.3 Å². The Bertz CT molecular complexity index is 402. The summed E-state index contributed by atoms with van der Waals surface area (Å²) in [5.41, 5.74) is -1.22. The first-order valence-electron chi connectivity index (χ1n) is 3.55. The summed E-state index contributed by atoms with van der Waals surface area (Å²) in [6, 6.07) is 0. The lowest BCUT2D eigenvalue weighted by Gasteiger charge is -2.10. The molecule has 1 atom stereocenters. The molecule has 0 aromatic heterocycles. The number of terminal acetylenes is 1. The van der Waals surface area contributed by atoms with Gasteiger partial charge in [0, 0.05) is 6.42 Å². The summed E-state index contributed by atoms with van der Waals surface area (Å²) in [5, 5.41) is 8.98. The molecule has 0 bridgehead atoms. The van der Waals surface area contributed by atoms with Crippen molar-refractivity contribution in [1.29, 1.82) is 0 Å². The van der Waals surface area contributed by atoms with E-state index in [-0.39, 0.29) is 11.5 Å². The van der Waals surface area contributed by atoms with Crippen molar-refractivity contribution in [3.63, 3.8) is 0 Å². The van der Waals surface area contributed by atoms with Crippen molar-refractivity contribution in [3.05, 3.63) is 26.0 Å². The van der Waals surface area contributed by atoms with Crippen LogP contribution in [0.3, 0.4) is 0 Å². The standard InChI is InChI=1S/C9H8O3/c1-3-4-5(2)6-7(10)9(12)8(6)11/h1,5,10H,4H2,2H3/t5-/m1/s1. The van der Waals surface area contributed by atoms with Gasteiger partial charge in [0.15, 0.2) is 5.75 Å². The maximum absolute atomic E-state index is 10.9. The summed E-state index contributed by atoms with van der Waals surface area (Å²) >= 11 is 0. The number of hydrogen-bond donors (Lipinski definition) is 1. The molecule has 3 nitrogen and oxygen atoms in total. The third kappa shape index (κ3) is 1.02. The predicted octanol–water partition coefficient (Wildman–Crippen LogP) is 0.115. The van der Waals surface area contributed by atoms with Crippen LogP contribution in [0.2, 0.25) is 0 Å². The molecular weight excluding hydrogens is 156 g/mol. The summed E-state index contributed by atoms with van der Waals surface area (Å²) in [5.74, 6) is 1.73. The summed E-state index contributed by atoms with van der Waals surface area (Å²) < 4.78 is 0. The molecule has 0 aliphatic carbocycles. The van der Waals surface area contributed by atoms with Crippen LogP contribution in [0.15, 0.2) is 9.59 Å². The summed E-state index contributed by atoms with van der Waals surface area (Å²) in [7, 11) is 0. The Morgan fingerprint density at radius 1 is 1.50 bits per heavy atom. The highest BCUT2D eigenvalue weighted by Gasteiger charge is 2.23. The van der Waals surface area contributed by atoms with Gasteiger partial charge in [0.25, 0.3) is 5.43 Å². The van der Waals surface area contributed by atoms with Crippen LogP contribution in [-0.2, 0) is 0 Å². The Labute approximate surface area is 69.4 Å². The molecule has 0 fully saturated rings. The van der Waals surface area contributed by atoms with Crippen molar-refractivity contribution in [2.24, 2.45) is 0 Å². The van der Waals surface area contributed by atoms with E-state index in [0.717, 1.165) is 0 Å². The molecule has 1 rings (SSSR count). The second-order valence-corrected chi connectivity index (χ2v) is 2.73. The third-order valence-corrected chi connectivity index (χ3v) is 1.84. The maximum atomic E-state index is 10.9. The van der Waals surface area contributed by atoms with Gasteiger partial charge in [-0.15, -0.1) is 12.3 Å². The van der Waals surface area contributed by atoms with E-state index in [1.54, 1.807) is 6.92 Å². The fraction of sp³-hybridized carbons (Fsp3) is 0.333. The smallest absolute Gasteiger partial charge is 0.267 e. The van der Waals surface area contributed by atoms with Crippen LogP contribution in [0.4, 0.5) is 0 Å². The van der Waals surface area contributed by atoms with Crippen molar-refractivity contribution >= 4 is 0 Å². The van der Waals surface area contributed by atoms with Gasteiger partial charge in [0.05, 0.1) is 5.56 Å². The average molecular weight is 164 g/mol. The zero-order valence-electron chi connectivity index (χ0n) is 6.63. The normalized spacial score (nSPS) is 12.7. The molecule has 0 amide bonds. The molecule has 62 valence electrons. The van der Waals surface area contributed by atoms with Crippen LogP contribution in [0.25, 0.3) is 0 Å². The first kappa shape index (κ1) is 8.54. The molecule has 0 spiro atoms. The van der Waals surface area contributed by atoms with Gasteiger partial charge >= 0.3 is 0 Å². The molecule has 0 radical (unpaired) electrons. The van der Waals surface area contributed by atoms with Crippen LogP contribution in [0, 0.1) is 12.3 Å². The number of rotatable bonds is 2. The van der Waals surface area contributed by atoms with Crippen LogP contribution < -0.4 is 10.9 Å². The highest BCUT2D eigenvalue weighted by molar-refractivity contribution is 5.40. The topological polar surface area (TPSA) is 54.4 Å². The minimum absolute atomic E-state index is 0.179. The molecule has 0 heterocycles. The van der Waals surface area contributed by atoms with Crippen molar-refractivity contribution < 1.29 is 5.11 Å². The Hall–Kier alpha value is -1.56. The van der Waals surface area contributed by atoms with Gasteiger partial charge in [-0.05, 0) is 5.92 Å². The fourth-order valence-electron chi connectivity index (χ4n) is 1.13. The molecule has 0 saturated carbocycles. The van der Waals surface area contributed by atoms with Crippen LogP contribution in [0.1, 0.15) is 24.8 Å². The summed E-state index contributed by atoms with van der Waals surface area (Å²) in [6.07, 6.45) is 5.38. The monoisotopic (exact) mass is 164 g/mol. The predicted molar refractivity (Wildman–Crippen MR) is 44.9 cm³/mol. The highest BCUT2D eigenvalue weighted by Crippen LogP contribution is 2.22. The van der Waals surface area contributed by atoms with Gasteiger partial charge in [-0.1, -0.05) is 6.92 Å². The van der Waals surface area contributed by atoms with Gasteiger partial charge in [0.1, 0.15) is 0 Å². The lowest BCUT2D eigenvalue weighted by Crippen LogP contribution is -2.35. The summed E-state index contributed by atoms with van der Waals surface area (Å²) in [6.45, 7) is 1.70. The molecule has 0 saturated heterocycles. The Morgan fingerprint density at radius 3 is 2.50 bits per heavy atom. The van der Waals surface area contributed by atoms with E-state index in [0.29, 0.717) is 6.42 Å². The fourth-order valence-corrected chi connectivity index (χ4v) is 1.13. The van der Waals surface area contributed by atoms with E-state index in [4.69, 9.17) is 11.5 Å². The van der Waals surface area contributed by atoms with Gasteiger partial charge in [-0.2, -0.15) is 0 Å². The molecule has 0 aliphatic heterocycles. The van der Waals surface area contributed by atoms with Crippen molar-refractivity contribution in [2.75, 3.05) is 0 Å². The first-order valence-corrected chi connectivity index (χ1v) is 3.55. The highest BCUT2D eigenvalue weighted by atomic mass is 16.3. The summed E-state index contributed by atoms with van der Waals surface area (Å²) in [4.78, 5) is 21.4. The van der Waals surface area contributed by atoms with Crippen molar-refractivity contribution in [3.8, 4) is 18.1 Å². The minimum Gasteiger partial charge on any atom is -0.504 e. The van der Waals surface area contributed by atoms with E-state index in [1.165, 1.54) is 0 Å². The van der Waals surface area contributed by atoms with Gasteiger partial charge < -0.3 is 5.11 Å². The zero-order valence-corrected chi connectivity index (χ0v) is 6.63. The van der Waals surface area contributed by atoms with E-state index in [2.05, 4.69) is 5.92 Å². The van der Waals surface area contributed by atoms with Crippen LogP contribution in [0.5, 0.6) is 5.75 Å². The maximum Gasteiger partial charge on any atom is 0.267 e. The molecule has 1 N–H and O–H groups in total. The number of hydrogen-bond acceptors (Lipinski definition) is 3. The Morgan fingerprint density at radius 2 is 2.08 bits per heavy atom. The molecule has 0 unspecified atom stereocenters. The second-order valence-electron chi connectivity index (χ2n) is 2.73. The molecule has 1 aromatic carbocycles. The molecule has 3 heteroatoms. The van der Waals surface area contributed by atoms with E-state index < -0.39 is 16.6 Å². The Balaban J connectivity index is 3.01. The van der Waals surface area contributed by atoms with Gasteiger partial charge in [-0.3, -0.25) is 9.59 Å². The first-order chi connectivity index (χ1) is 5.59. The van der Waals surface area contributed by atoms with Crippen LogP contribution in [-0.4, -0.2) is 5.11 Å². The third-order valence-electron chi connectivity index (χ3n) is 1.84. The molecular formula is C9H8O3. The number of aromatic hydroxyl groups is 1. The van der Waals surface area contributed by atoms with Gasteiger partial charge in [-0.25, -0.2) is 0 Å². The Kier molecular flexibility index (Phi) is 2.01. The largest absolute Gasteiger partial charge is 0.504 e. The van der Waals surface area contributed by atoms with E-state index >= 15 is 0 Å². The van der Waals surface area contributed by atoms with Crippen LogP contribution >= 0.6 is 0 Å². The lowest BCUT2D eigenvalue weighted by molar-refractivity contribution is 0.447. The molecule has 12 heavy (non-hydrogen) atoms. The quantitative estimate of drug-likeness (QED) is 0.498. The van der Waals surface area contributed by atoms with Crippen molar-refractivity contribution in [1.82, 2.24) is 0 Å². The zero-order chi connectivity index (χ0) is 9.30. The minimum atomic E-state index is -0.797. The van der Waals surface area contributed by atoms with Gasteiger partial charge in [0.2, 0.25) is 5.43 Å². The molecule has 0 aliphatic rings. The molecule has 1 aromatic rings. The SMILES string of the molecule is C#CC[C@@H](C)c1c(O)c(=O)c1=O. The lowest BCUT2D eigenvalue weighted by atomic mass is 9.93. The second kappa shape index (κ2) is 2.82. The van der Waals surface area contributed by atoms with E-state index in [9.17, 15) is 9.59 Å². The average Bonchev–Trinajstić information content (AvgIpc) is 2.05.